The van der Waals surface area contributed by atoms with E-state index in [4.69, 9.17) is 0 Å². The summed E-state index contributed by atoms with van der Waals surface area (Å²) in [5.41, 5.74) is 0.411. The number of rotatable bonds is 2. The lowest BCUT2D eigenvalue weighted by atomic mass is 10.1. The van der Waals surface area contributed by atoms with Gasteiger partial charge in [-0.05, 0) is 38.3 Å². The lowest BCUT2D eigenvalue weighted by molar-refractivity contribution is 0.0717. The van der Waals surface area contributed by atoms with Crippen molar-refractivity contribution in [2.45, 2.75) is 26.2 Å². The molecule has 0 unspecified atom stereocenters. The van der Waals surface area contributed by atoms with Gasteiger partial charge in [-0.2, -0.15) is 0 Å². The maximum absolute atomic E-state index is 12.3. The number of hydrogen-bond donors (Lipinski definition) is 0. The highest BCUT2D eigenvalue weighted by Crippen LogP contribution is 2.12. The minimum absolute atomic E-state index is 0.0221. The first-order valence-electron chi connectivity index (χ1n) is 6.89. The van der Waals surface area contributed by atoms with Crippen LogP contribution in [0.25, 0.3) is 5.82 Å². The normalized spacial score (nSPS) is 15.3. The predicted octanol–water partition coefficient (Wildman–Crippen LogP) is 1.60. The smallest absolute Gasteiger partial charge is 0.274 e. The van der Waals surface area contributed by atoms with Crippen molar-refractivity contribution in [3.63, 3.8) is 0 Å². The summed E-state index contributed by atoms with van der Waals surface area (Å²) in [4.78, 5) is 18.3. The molecule has 0 spiro atoms. The zero-order chi connectivity index (χ0) is 13.9. The van der Waals surface area contributed by atoms with Crippen molar-refractivity contribution >= 4 is 5.91 Å². The van der Waals surface area contributed by atoms with Gasteiger partial charge in [0.05, 0.1) is 0 Å². The van der Waals surface area contributed by atoms with Crippen LogP contribution in [-0.4, -0.2) is 43.6 Å². The molecule has 20 heavy (non-hydrogen) atoms. The van der Waals surface area contributed by atoms with Gasteiger partial charge >= 0.3 is 0 Å². The molecule has 0 atom stereocenters. The third-order valence-electron chi connectivity index (χ3n) is 3.59. The number of amides is 1. The Kier molecular flexibility index (Phi) is 3.45. The molecule has 0 aromatic carbocycles. The highest BCUT2D eigenvalue weighted by Gasteiger charge is 2.19. The number of carbonyl (C=O) groups is 1. The largest absolute Gasteiger partial charge is 0.337 e. The molecule has 2 aromatic heterocycles. The molecule has 1 fully saturated rings. The minimum Gasteiger partial charge on any atom is -0.337 e. The van der Waals surface area contributed by atoms with Crippen LogP contribution in [-0.2, 0) is 0 Å². The summed E-state index contributed by atoms with van der Waals surface area (Å²) < 4.78 is 1.84. The first-order valence-corrected chi connectivity index (χ1v) is 6.89. The molecule has 6 heteroatoms. The molecule has 1 aliphatic heterocycles. The molecule has 0 saturated carbocycles. The van der Waals surface area contributed by atoms with Crippen molar-refractivity contribution in [3.05, 3.63) is 36.0 Å². The predicted molar refractivity (Wildman–Crippen MR) is 73.6 cm³/mol. The summed E-state index contributed by atoms with van der Waals surface area (Å²) in [6.07, 6.45) is 6.89. The average Bonchev–Trinajstić information content (AvgIpc) is 2.94. The molecule has 104 valence electrons. The molecule has 1 saturated heterocycles. The van der Waals surface area contributed by atoms with Crippen LogP contribution in [0.1, 0.15) is 35.6 Å². The fourth-order valence-electron chi connectivity index (χ4n) is 2.45. The van der Waals surface area contributed by atoms with Gasteiger partial charge in [0.1, 0.15) is 5.82 Å². The zero-order valence-electron chi connectivity index (χ0n) is 11.5. The van der Waals surface area contributed by atoms with Crippen molar-refractivity contribution in [2.24, 2.45) is 0 Å². The molecule has 2 aromatic rings. The van der Waals surface area contributed by atoms with E-state index >= 15 is 0 Å². The fourth-order valence-corrected chi connectivity index (χ4v) is 2.45. The van der Waals surface area contributed by atoms with Gasteiger partial charge in [-0.25, -0.2) is 4.98 Å². The monoisotopic (exact) mass is 271 g/mol. The molecule has 1 aliphatic rings. The fraction of sp³-hybridized carbons (Fsp3) is 0.429. The van der Waals surface area contributed by atoms with E-state index in [1.165, 1.54) is 6.42 Å². The lowest BCUT2D eigenvalue weighted by Gasteiger charge is -2.26. The molecule has 3 rings (SSSR count). The second kappa shape index (κ2) is 5.40. The number of piperidine rings is 1. The van der Waals surface area contributed by atoms with Crippen LogP contribution >= 0.6 is 0 Å². The van der Waals surface area contributed by atoms with Crippen LogP contribution in [0.5, 0.6) is 0 Å². The maximum atomic E-state index is 12.3. The molecule has 3 heterocycles. The van der Waals surface area contributed by atoms with Crippen molar-refractivity contribution < 1.29 is 4.79 Å². The van der Waals surface area contributed by atoms with Crippen LogP contribution in [0.2, 0.25) is 0 Å². The number of likely N-dealkylation sites (tertiary alicyclic amines) is 1. The molecule has 0 aliphatic carbocycles. The Balaban J connectivity index is 1.79. The molecule has 0 radical (unpaired) electrons. The van der Waals surface area contributed by atoms with Gasteiger partial charge in [0.15, 0.2) is 11.5 Å². The second-order valence-corrected chi connectivity index (χ2v) is 4.97. The summed E-state index contributed by atoms with van der Waals surface area (Å²) in [6.45, 7) is 3.54. The van der Waals surface area contributed by atoms with E-state index in [-0.39, 0.29) is 5.91 Å². The van der Waals surface area contributed by atoms with Crippen LogP contribution < -0.4 is 0 Å². The highest BCUT2D eigenvalue weighted by molar-refractivity contribution is 5.92. The van der Waals surface area contributed by atoms with Crippen LogP contribution in [0.15, 0.2) is 24.5 Å². The van der Waals surface area contributed by atoms with Crippen LogP contribution in [0, 0.1) is 6.92 Å². The highest BCUT2D eigenvalue weighted by atomic mass is 16.2. The minimum atomic E-state index is -0.0221. The Morgan fingerprint density at radius 2 is 1.95 bits per heavy atom. The number of aryl methyl sites for hydroxylation is 1. The van der Waals surface area contributed by atoms with Gasteiger partial charge in [0.2, 0.25) is 0 Å². The van der Waals surface area contributed by atoms with Gasteiger partial charge in [0.25, 0.3) is 5.91 Å². The maximum Gasteiger partial charge on any atom is 0.274 e. The summed E-state index contributed by atoms with van der Waals surface area (Å²) in [5, 5.41) is 8.18. The summed E-state index contributed by atoms with van der Waals surface area (Å²) in [6, 6.07) is 3.54. The molecule has 0 N–H and O–H groups in total. The number of carbonyl (C=O) groups excluding carboxylic acids is 1. The summed E-state index contributed by atoms with van der Waals surface area (Å²) >= 11 is 0. The standard InChI is InChI=1S/C14H17N5O/c1-11-15-7-10-19(11)13-6-5-12(16-17-13)14(20)18-8-3-2-4-9-18/h5-7,10H,2-4,8-9H2,1H3. The van der Waals surface area contributed by atoms with Crippen molar-refractivity contribution in [1.82, 2.24) is 24.6 Å². The number of hydrogen-bond acceptors (Lipinski definition) is 4. The Morgan fingerprint density at radius 1 is 1.15 bits per heavy atom. The second-order valence-electron chi connectivity index (χ2n) is 4.97. The van der Waals surface area contributed by atoms with Gasteiger partial charge < -0.3 is 4.90 Å². The van der Waals surface area contributed by atoms with Crippen LogP contribution in [0.3, 0.4) is 0 Å². The van der Waals surface area contributed by atoms with Gasteiger partial charge in [-0.15, -0.1) is 10.2 Å². The van der Waals surface area contributed by atoms with E-state index in [2.05, 4.69) is 15.2 Å². The van der Waals surface area contributed by atoms with Crippen LogP contribution in [0.4, 0.5) is 0 Å². The van der Waals surface area contributed by atoms with Crippen molar-refractivity contribution in [3.8, 4) is 5.82 Å². The van der Waals surface area contributed by atoms with E-state index in [1.807, 2.05) is 22.6 Å². The van der Waals surface area contributed by atoms with E-state index in [9.17, 15) is 4.79 Å². The molecular weight excluding hydrogens is 254 g/mol. The van der Waals surface area contributed by atoms with E-state index in [1.54, 1.807) is 18.3 Å². The molecular formula is C14H17N5O. The third-order valence-corrected chi connectivity index (χ3v) is 3.59. The Hall–Kier alpha value is -2.24. The lowest BCUT2D eigenvalue weighted by Crippen LogP contribution is -2.36. The van der Waals surface area contributed by atoms with Crippen molar-refractivity contribution in [1.29, 1.82) is 0 Å². The van der Waals surface area contributed by atoms with Gasteiger partial charge in [0, 0.05) is 25.5 Å². The number of aromatic nitrogens is 4. The topological polar surface area (TPSA) is 63.9 Å². The van der Waals surface area contributed by atoms with E-state index in [0.717, 1.165) is 31.8 Å². The summed E-state index contributed by atoms with van der Waals surface area (Å²) in [5.74, 6) is 1.50. The van der Waals surface area contributed by atoms with Gasteiger partial charge in [-0.1, -0.05) is 0 Å². The number of imidazole rings is 1. The molecule has 0 bridgehead atoms. The first kappa shape index (κ1) is 12.8. The average molecular weight is 271 g/mol. The number of nitrogens with zero attached hydrogens (tertiary/aromatic N) is 5. The molecule has 6 nitrogen and oxygen atoms in total. The SMILES string of the molecule is Cc1nccn1-c1ccc(C(=O)N2CCCCC2)nn1. The zero-order valence-corrected chi connectivity index (χ0v) is 11.5. The first-order chi connectivity index (χ1) is 9.75. The van der Waals surface area contributed by atoms with E-state index < -0.39 is 0 Å². The van der Waals surface area contributed by atoms with E-state index in [0.29, 0.717) is 11.5 Å². The summed E-state index contributed by atoms with van der Waals surface area (Å²) in [7, 11) is 0. The quantitative estimate of drug-likeness (QED) is 0.832. The Morgan fingerprint density at radius 3 is 2.55 bits per heavy atom. The Bertz CT molecular complexity index is 598. The van der Waals surface area contributed by atoms with Gasteiger partial charge in [-0.3, -0.25) is 9.36 Å². The molecule has 1 amide bonds. The Labute approximate surface area is 117 Å². The van der Waals surface area contributed by atoms with Crippen molar-refractivity contribution in [2.75, 3.05) is 13.1 Å². The third kappa shape index (κ3) is 2.41.